The summed E-state index contributed by atoms with van der Waals surface area (Å²) in [4.78, 5) is 23.7. The van der Waals surface area contributed by atoms with Crippen molar-refractivity contribution in [2.45, 2.75) is 38.5 Å². The van der Waals surface area contributed by atoms with E-state index in [2.05, 4.69) is 5.32 Å². The second-order valence-electron chi connectivity index (χ2n) is 6.30. The molecule has 7 heteroatoms. The number of hydrogen-bond acceptors (Lipinski definition) is 4. The van der Waals surface area contributed by atoms with E-state index in [0.717, 1.165) is 30.4 Å². The Bertz CT molecular complexity index is 696. The van der Waals surface area contributed by atoms with Crippen molar-refractivity contribution in [2.24, 2.45) is 5.92 Å². The third kappa shape index (κ3) is 5.42. The van der Waals surface area contributed by atoms with E-state index in [1.807, 2.05) is 24.3 Å². The Kier molecular flexibility index (Phi) is 6.12. The van der Waals surface area contributed by atoms with Crippen molar-refractivity contribution in [1.82, 2.24) is 5.32 Å². The van der Waals surface area contributed by atoms with E-state index in [4.69, 9.17) is 4.55 Å². The predicted octanol–water partition coefficient (Wildman–Crippen LogP) is 1.71. The van der Waals surface area contributed by atoms with Crippen LogP contribution in [0.4, 0.5) is 0 Å². The van der Waals surface area contributed by atoms with Crippen molar-refractivity contribution >= 4 is 21.8 Å². The number of nitrogens with one attached hydrogen (secondary N) is 1. The Labute approximate surface area is 142 Å². The minimum atomic E-state index is -4.07. The van der Waals surface area contributed by atoms with Crippen LogP contribution in [0.1, 0.15) is 43.2 Å². The smallest absolute Gasteiger partial charge is 0.266 e. The molecule has 0 aliphatic heterocycles. The molecule has 0 heterocycles. The first kappa shape index (κ1) is 18.6. The molecule has 0 spiro atoms. The Hall–Kier alpha value is -1.73. The number of ketones is 1. The SMILES string of the molecule is C[C@@H](C(=O)NCCS(=O)(=O)O)c1ccc(CC2CCCC2=O)cc1. The van der Waals surface area contributed by atoms with E-state index in [0.29, 0.717) is 12.2 Å². The number of amides is 1. The third-order valence-corrected chi connectivity index (χ3v) is 5.17. The Morgan fingerprint density at radius 1 is 1.33 bits per heavy atom. The van der Waals surface area contributed by atoms with E-state index in [1.165, 1.54) is 0 Å². The zero-order valence-electron chi connectivity index (χ0n) is 13.7. The third-order valence-electron chi connectivity index (χ3n) is 4.45. The van der Waals surface area contributed by atoms with E-state index in [9.17, 15) is 18.0 Å². The van der Waals surface area contributed by atoms with Crippen LogP contribution in [-0.4, -0.2) is 37.0 Å². The zero-order valence-corrected chi connectivity index (χ0v) is 14.5. The maximum absolute atomic E-state index is 12.0. The fourth-order valence-electron chi connectivity index (χ4n) is 2.94. The molecule has 1 fully saturated rings. The summed E-state index contributed by atoms with van der Waals surface area (Å²) < 4.78 is 29.9. The first-order chi connectivity index (χ1) is 11.3. The highest BCUT2D eigenvalue weighted by molar-refractivity contribution is 7.85. The van der Waals surface area contributed by atoms with Crippen molar-refractivity contribution in [3.05, 3.63) is 35.4 Å². The number of benzene rings is 1. The first-order valence-electron chi connectivity index (χ1n) is 8.10. The lowest BCUT2D eigenvalue weighted by molar-refractivity contribution is -0.122. The number of carbonyl (C=O) groups excluding carboxylic acids is 2. The molecule has 1 aliphatic carbocycles. The number of rotatable bonds is 7. The number of Topliss-reactive ketones (excluding diaryl/α,β-unsaturated/α-hetero) is 1. The standard InChI is InChI=1S/C17H23NO5S/c1-12(17(20)18-9-10-24(21,22)23)14-7-5-13(6-8-14)11-15-3-2-4-16(15)19/h5-8,12,15H,2-4,9-11H2,1H3,(H,18,20)(H,21,22,23)/t12-,15?/m1/s1. The summed E-state index contributed by atoms with van der Waals surface area (Å²) in [6, 6.07) is 7.59. The fraction of sp³-hybridized carbons (Fsp3) is 0.529. The van der Waals surface area contributed by atoms with Gasteiger partial charge in [-0.1, -0.05) is 24.3 Å². The summed E-state index contributed by atoms with van der Waals surface area (Å²) in [5, 5.41) is 2.49. The van der Waals surface area contributed by atoms with Crippen LogP contribution in [0.3, 0.4) is 0 Å². The molecule has 132 valence electrons. The molecule has 0 bridgehead atoms. The van der Waals surface area contributed by atoms with Crippen LogP contribution in [0.25, 0.3) is 0 Å². The average Bonchev–Trinajstić information content (AvgIpc) is 2.91. The van der Waals surface area contributed by atoms with Gasteiger partial charge in [0, 0.05) is 18.9 Å². The monoisotopic (exact) mass is 353 g/mol. The molecule has 2 rings (SSSR count). The molecule has 1 amide bonds. The molecule has 1 saturated carbocycles. The number of carbonyl (C=O) groups is 2. The summed E-state index contributed by atoms with van der Waals surface area (Å²) in [5.41, 5.74) is 1.90. The van der Waals surface area contributed by atoms with Crippen molar-refractivity contribution in [2.75, 3.05) is 12.3 Å². The molecule has 0 radical (unpaired) electrons. The Morgan fingerprint density at radius 3 is 2.54 bits per heavy atom. The van der Waals surface area contributed by atoms with Gasteiger partial charge >= 0.3 is 0 Å². The largest absolute Gasteiger partial charge is 0.354 e. The van der Waals surface area contributed by atoms with E-state index in [-0.39, 0.29) is 18.4 Å². The first-order valence-corrected chi connectivity index (χ1v) is 9.71. The van der Waals surface area contributed by atoms with Gasteiger partial charge in [0.25, 0.3) is 10.1 Å². The lowest BCUT2D eigenvalue weighted by atomic mass is 9.94. The van der Waals surface area contributed by atoms with Gasteiger partial charge in [-0.25, -0.2) is 0 Å². The quantitative estimate of drug-likeness (QED) is 0.727. The second kappa shape index (κ2) is 7.90. The van der Waals surface area contributed by atoms with Gasteiger partial charge in [-0.05, 0) is 37.3 Å². The molecular formula is C17H23NO5S. The molecular weight excluding hydrogens is 330 g/mol. The van der Waals surface area contributed by atoms with E-state index >= 15 is 0 Å². The van der Waals surface area contributed by atoms with Gasteiger partial charge in [-0.15, -0.1) is 0 Å². The van der Waals surface area contributed by atoms with Gasteiger partial charge in [0.1, 0.15) is 5.78 Å². The molecule has 6 nitrogen and oxygen atoms in total. The Balaban J connectivity index is 1.89. The van der Waals surface area contributed by atoms with E-state index in [1.54, 1.807) is 6.92 Å². The van der Waals surface area contributed by atoms with Gasteiger partial charge in [0.2, 0.25) is 5.91 Å². The maximum atomic E-state index is 12.0. The van der Waals surface area contributed by atoms with Crippen LogP contribution in [0, 0.1) is 5.92 Å². The van der Waals surface area contributed by atoms with Crippen molar-refractivity contribution in [3.63, 3.8) is 0 Å². The minimum absolute atomic E-state index is 0.121. The summed E-state index contributed by atoms with van der Waals surface area (Å²) in [6.07, 6.45) is 3.35. The molecule has 24 heavy (non-hydrogen) atoms. The highest BCUT2D eigenvalue weighted by atomic mass is 32.2. The lowest BCUT2D eigenvalue weighted by Gasteiger charge is -2.13. The van der Waals surface area contributed by atoms with Crippen LogP contribution in [0.2, 0.25) is 0 Å². The van der Waals surface area contributed by atoms with Crippen molar-refractivity contribution in [1.29, 1.82) is 0 Å². The molecule has 1 aromatic carbocycles. The van der Waals surface area contributed by atoms with Gasteiger partial charge < -0.3 is 5.32 Å². The topological polar surface area (TPSA) is 101 Å². The van der Waals surface area contributed by atoms with Crippen LogP contribution in [-0.2, 0) is 26.1 Å². The summed E-state index contributed by atoms with van der Waals surface area (Å²) >= 11 is 0. The molecule has 2 N–H and O–H groups in total. The molecule has 1 unspecified atom stereocenters. The molecule has 1 aliphatic rings. The molecule has 2 atom stereocenters. The maximum Gasteiger partial charge on any atom is 0.266 e. The highest BCUT2D eigenvalue weighted by Gasteiger charge is 2.24. The van der Waals surface area contributed by atoms with Gasteiger partial charge in [0.15, 0.2) is 0 Å². The van der Waals surface area contributed by atoms with E-state index < -0.39 is 21.8 Å². The van der Waals surface area contributed by atoms with Gasteiger partial charge in [0.05, 0.1) is 11.7 Å². The number of hydrogen-bond donors (Lipinski definition) is 2. The van der Waals surface area contributed by atoms with Crippen LogP contribution < -0.4 is 5.32 Å². The summed E-state index contributed by atoms with van der Waals surface area (Å²) in [6.45, 7) is 1.61. The summed E-state index contributed by atoms with van der Waals surface area (Å²) in [7, 11) is -4.07. The molecule has 0 saturated heterocycles. The second-order valence-corrected chi connectivity index (χ2v) is 7.87. The van der Waals surface area contributed by atoms with Crippen molar-refractivity contribution in [3.8, 4) is 0 Å². The van der Waals surface area contributed by atoms with Crippen LogP contribution >= 0.6 is 0 Å². The lowest BCUT2D eigenvalue weighted by Crippen LogP contribution is -2.32. The van der Waals surface area contributed by atoms with Gasteiger partial charge in [-0.2, -0.15) is 8.42 Å². The van der Waals surface area contributed by atoms with Crippen LogP contribution in [0.15, 0.2) is 24.3 Å². The Morgan fingerprint density at radius 2 is 2.00 bits per heavy atom. The van der Waals surface area contributed by atoms with Gasteiger partial charge in [-0.3, -0.25) is 14.1 Å². The fourth-order valence-corrected chi connectivity index (χ4v) is 3.30. The van der Waals surface area contributed by atoms with Crippen molar-refractivity contribution < 1.29 is 22.6 Å². The normalized spacial score (nSPS) is 19.2. The molecule has 1 aromatic rings. The highest BCUT2D eigenvalue weighted by Crippen LogP contribution is 2.25. The predicted molar refractivity (Wildman–Crippen MR) is 90.3 cm³/mol. The minimum Gasteiger partial charge on any atom is -0.354 e. The zero-order chi connectivity index (χ0) is 17.7. The summed E-state index contributed by atoms with van der Waals surface area (Å²) in [5.74, 6) is -0.756. The molecule has 0 aromatic heterocycles. The average molecular weight is 353 g/mol. The van der Waals surface area contributed by atoms with Crippen LogP contribution in [0.5, 0.6) is 0 Å².